The maximum absolute atomic E-state index is 12.4. The molecule has 2 heteroatoms. The predicted molar refractivity (Wildman–Crippen MR) is 70.4 cm³/mol. The van der Waals surface area contributed by atoms with E-state index in [1.165, 1.54) is 4.48 Å². The highest BCUT2D eigenvalue weighted by Crippen LogP contribution is 2.55. The normalized spacial score (nSPS) is 37.6. The molecule has 0 radical (unpaired) electrons. The van der Waals surface area contributed by atoms with E-state index in [4.69, 9.17) is 0 Å². The Morgan fingerprint density at radius 2 is 2.00 bits per heavy atom. The molecule has 0 aromatic carbocycles. The number of hydrogen-bond acceptors (Lipinski definition) is 1. The molecule has 1 nitrogen and oxygen atoms in total. The van der Waals surface area contributed by atoms with Gasteiger partial charge in [0.05, 0.1) is 0 Å². The molecule has 0 fully saturated rings. The van der Waals surface area contributed by atoms with E-state index in [1.807, 2.05) is 6.92 Å². The van der Waals surface area contributed by atoms with Crippen LogP contribution in [0.3, 0.4) is 0 Å². The van der Waals surface area contributed by atoms with Crippen molar-refractivity contribution in [1.29, 1.82) is 0 Å². The van der Waals surface area contributed by atoms with Crippen molar-refractivity contribution in [3.05, 3.63) is 22.2 Å². The Bertz CT molecular complexity index is 403. The third-order valence-corrected chi connectivity index (χ3v) is 4.78. The van der Waals surface area contributed by atoms with Gasteiger partial charge in [0, 0.05) is 5.41 Å². The van der Waals surface area contributed by atoms with Crippen LogP contribution < -0.4 is 0 Å². The Hall–Kier alpha value is -0.370. The average Bonchev–Trinajstić information content (AvgIpc) is 2.11. The molecule has 2 rings (SSSR count). The number of halogens is 1. The number of allylic oxidation sites excluding steroid dienone is 4. The lowest BCUT2D eigenvalue weighted by Crippen LogP contribution is -2.47. The Morgan fingerprint density at radius 3 is 2.62 bits per heavy atom. The van der Waals surface area contributed by atoms with Crippen LogP contribution in [0.4, 0.5) is 0 Å². The molecular formula is C14H19BrO. The van der Waals surface area contributed by atoms with Crippen molar-refractivity contribution in [1.82, 2.24) is 0 Å². The summed E-state index contributed by atoms with van der Waals surface area (Å²) in [7, 11) is 0. The number of hydrogen-bond donors (Lipinski definition) is 0. The second-order valence-corrected chi connectivity index (χ2v) is 7.03. The van der Waals surface area contributed by atoms with Gasteiger partial charge in [0.2, 0.25) is 0 Å². The lowest BCUT2D eigenvalue weighted by atomic mass is 9.54. The number of fused-ring (bicyclic) bond motifs is 1. The molecule has 2 aliphatic rings. The van der Waals surface area contributed by atoms with Crippen LogP contribution in [0.15, 0.2) is 22.2 Å². The van der Waals surface area contributed by atoms with Gasteiger partial charge in [-0.15, -0.1) is 0 Å². The van der Waals surface area contributed by atoms with E-state index in [1.54, 1.807) is 0 Å². The van der Waals surface area contributed by atoms with Crippen LogP contribution in [0.5, 0.6) is 0 Å². The predicted octanol–water partition coefficient (Wildman–Crippen LogP) is 4.24. The summed E-state index contributed by atoms with van der Waals surface area (Å²) in [6.07, 6.45) is 6.27. The minimum absolute atomic E-state index is 0.0959. The molecule has 88 valence electrons. The summed E-state index contributed by atoms with van der Waals surface area (Å²) in [6, 6.07) is 0. The first-order chi connectivity index (χ1) is 7.27. The van der Waals surface area contributed by atoms with Crippen LogP contribution in [0, 0.1) is 16.7 Å². The van der Waals surface area contributed by atoms with Gasteiger partial charge >= 0.3 is 0 Å². The molecule has 0 spiro atoms. The van der Waals surface area contributed by atoms with Crippen molar-refractivity contribution in [3.8, 4) is 0 Å². The summed E-state index contributed by atoms with van der Waals surface area (Å²) in [5.41, 5.74) is 0.825. The average molecular weight is 283 g/mol. The quantitative estimate of drug-likeness (QED) is 0.650. The Balaban J connectivity index is 2.52. The largest absolute Gasteiger partial charge is 0.294 e. The van der Waals surface area contributed by atoms with Gasteiger partial charge in [0.15, 0.2) is 5.78 Å². The SMILES string of the molecule is CC1=CC[C@H]2C(C)(C)C=C(Br)C[C@]2(C)C1=O. The molecule has 0 aromatic rings. The second-order valence-electron chi connectivity index (χ2n) is 6.01. The fourth-order valence-corrected chi connectivity index (χ4v) is 4.66. The first kappa shape index (κ1) is 12.1. The fraction of sp³-hybridized carbons (Fsp3) is 0.643. The smallest absolute Gasteiger partial charge is 0.164 e. The van der Waals surface area contributed by atoms with E-state index < -0.39 is 0 Å². The van der Waals surface area contributed by atoms with Gasteiger partial charge in [0.1, 0.15) is 0 Å². The highest BCUT2D eigenvalue weighted by Gasteiger charge is 2.51. The number of Topliss-reactive ketones (excluding diaryl/α,β-unsaturated/α-hetero) is 1. The van der Waals surface area contributed by atoms with Crippen LogP contribution in [-0.2, 0) is 4.79 Å². The summed E-state index contributed by atoms with van der Waals surface area (Å²) in [6.45, 7) is 8.55. The van der Waals surface area contributed by atoms with E-state index in [2.05, 4.69) is 48.9 Å². The number of rotatable bonds is 0. The molecular weight excluding hydrogens is 264 g/mol. The first-order valence-corrected chi connectivity index (χ1v) is 6.65. The van der Waals surface area contributed by atoms with Crippen LogP contribution >= 0.6 is 15.9 Å². The van der Waals surface area contributed by atoms with Crippen LogP contribution in [0.1, 0.15) is 40.5 Å². The standard InChI is InChI=1S/C14H19BrO/c1-9-5-6-11-13(2,3)7-10(15)8-14(11,4)12(9)16/h5,7,11H,6,8H2,1-4H3/t11-,14-/m0/s1. The minimum Gasteiger partial charge on any atom is -0.294 e. The molecule has 0 saturated heterocycles. The van der Waals surface area contributed by atoms with Gasteiger partial charge < -0.3 is 0 Å². The van der Waals surface area contributed by atoms with Crippen molar-refractivity contribution in [3.63, 3.8) is 0 Å². The summed E-state index contributed by atoms with van der Waals surface area (Å²) in [5.74, 6) is 0.763. The van der Waals surface area contributed by atoms with Crippen molar-refractivity contribution >= 4 is 21.7 Å². The maximum atomic E-state index is 12.4. The van der Waals surface area contributed by atoms with Crippen LogP contribution in [-0.4, -0.2) is 5.78 Å². The zero-order chi connectivity index (χ0) is 12.1. The van der Waals surface area contributed by atoms with Crippen molar-refractivity contribution in [2.45, 2.75) is 40.5 Å². The molecule has 16 heavy (non-hydrogen) atoms. The number of ketones is 1. The van der Waals surface area contributed by atoms with Gasteiger partial charge in [0.25, 0.3) is 0 Å². The van der Waals surface area contributed by atoms with Crippen LogP contribution in [0.2, 0.25) is 0 Å². The summed E-state index contributed by atoms with van der Waals surface area (Å²) < 4.78 is 1.18. The number of carbonyl (C=O) groups is 1. The van der Waals surface area contributed by atoms with E-state index in [0.717, 1.165) is 18.4 Å². The van der Waals surface area contributed by atoms with Crippen molar-refractivity contribution in [2.24, 2.45) is 16.7 Å². The third-order valence-electron chi connectivity index (χ3n) is 4.27. The molecule has 0 saturated carbocycles. The fourth-order valence-electron chi connectivity index (χ4n) is 3.49. The van der Waals surface area contributed by atoms with Gasteiger partial charge in [-0.1, -0.05) is 48.9 Å². The van der Waals surface area contributed by atoms with Gasteiger partial charge in [-0.05, 0) is 41.2 Å². The van der Waals surface area contributed by atoms with E-state index in [0.29, 0.717) is 11.7 Å². The highest BCUT2D eigenvalue weighted by molar-refractivity contribution is 9.11. The molecule has 0 amide bonds. The van der Waals surface area contributed by atoms with Crippen LogP contribution in [0.25, 0.3) is 0 Å². The van der Waals surface area contributed by atoms with E-state index in [9.17, 15) is 4.79 Å². The van der Waals surface area contributed by atoms with E-state index in [-0.39, 0.29) is 10.8 Å². The lowest BCUT2D eigenvalue weighted by molar-refractivity contribution is -0.130. The second kappa shape index (κ2) is 3.56. The molecule has 0 N–H and O–H groups in total. The monoisotopic (exact) mass is 282 g/mol. The number of carbonyl (C=O) groups excluding carboxylic acids is 1. The molecule has 0 unspecified atom stereocenters. The highest BCUT2D eigenvalue weighted by atomic mass is 79.9. The van der Waals surface area contributed by atoms with Crippen molar-refractivity contribution < 1.29 is 4.79 Å². The zero-order valence-electron chi connectivity index (χ0n) is 10.4. The summed E-state index contributed by atoms with van der Waals surface area (Å²) in [5, 5.41) is 0. The summed E-state index contributed by atoms with van der Waals surface area (Å²) in [4.78, 5) is 12.4. The molecule has 0 bridgehead atoms. The molecule has 0 aliphatic heterocycles. The lowest BCUT2D eigenvalue weighted by Gasteiger charge is -2.49. The Morgan fingerprint density at radius 1 is 1.38 bits per heavy atom. The topological polar surface area (TPSA) is 17.1 Å². The summed E-state index contributed by atoms with van der Waals surface area (Å²) >= 11 is 3.60. The Kier molecular flexibility index (Phi) is 2.69. The third kappa shape index (κ3) is 1.62. The van der Waals surface area contributed by atoms with Gasteiger partial charge in [-0.2, -0.15) is 0 Å². The molecule has 0 aromatic heterocycles. The molecule has 2 aliphatic carbocycles. The first-order valence-electron chi connectivity index (χ1n) is 5.86. The molecule has 2 atom stereocenters. The van der Waals surface area contributed by atoms with E-state index >= 15 is 0 Å². The maximum Gasteiger partial charge on any atom is 0.164 e. The molecule has 0 heterocycles. The minimum atomic E-state index is -0.212. The van der Waals surface area contributed by atoms with Gasteiger partial charge in [-0.25, -0.2) is 0 Å². The Labute approximate surface area is 106 Å². The van der Waals surface area contributed by atoms with Gasteiger partial charge in [-0.3, -0.25) is 4.79 Å². The zero-order valence-corrected chi connectivity index (χ0v) is 12.0. The van der Waals surface area contributed by atoms with Crippen molar-refractivity contribution in [2.75, 3.05) is 0 Å².